The molecule has 2 rings (SSSR count). The highest BCUT2D eigenvalue weighted by Crippen LogP contribution is 2.22. The molecule has 0 saturated carbocycles. The molecule has 0 aliphatic heterocycles. The molecule has 1 heterocycles. The van der Waals surface area contributed by atoms with E-state index in [1.54, 1.807) is 19.1 Å². The van der Waals surface area contributed by atoms with Crippen LogP contribution in [0.15, 0.2) is 28.8 Å². The van der Waals surface area contributed by atoms with Crippen molar-refractivity contribution in [1.82, 2.24) is 5.16 Å². The zero-order valence-electron chi connectivity index (χ0n) is 11.9. The Morgan fingerprint density at radius 3 is 2.71 bits per heavy atom. The van der Waals surface area contributed by atoms with Crippen molar-refractivity contribution in [3.63, 3.8) is 0 Å². The smallest absolute Gasteiger partial charge is 0.238 e. The van der Waals surface area contributed by atoms with Crippen LogP contribution in [0.2, 0.25) is 0 Å². The van der Waals surface area contributed by atoms with E-state index in [0.29, 0.717) is 17.1 Å². The van der Waals surface area contributed by atoms with Crippen LogP contribution in [0, 0.1) is 25.2 Å². The third-order valence-electron chi connectivity index (χ3n) is 2.90. The van der Waals surface area contributed by atoms with Crippen molar-refractivity contribution in [2.75, 3.05) is 5.32 Å². The number of aromatic nitrogens is 1. The summed E-state index contributed by atoms with van der Waals surface area (Å²) in [6, 6.07) is 9.81. The maximum atomic E-state index is 11.5. The lowest BCUT2D eigenvalue weighted by Crippen LogP contribution is -2.11. The van der Waals surface area contributed by atoms with Crippen LogP contribution < -0.4 is 5.32 Å². The fourth-order valence-electron chi connectivity index (χ4n) is 1.76. The Morgan fingerprint density at radius 1 is 1.33 bits per heavy atom. The first-order valence-electron chi connectivity index (χ1n) is 6.48. The molecule has 0 spiro atoms. The Bertz CT molecular complexity index is 706. The lowest BCUT2D eigenvalue weighted by molar-refractivity contribution is -0.115. The summed E-state index contributed by atoms with van der Waals surface area (Å²) in [6.07, 6.45) is 3.41. The third-order valence-corrected chi connectivity index (χ3v) is 2.90. The zero-order chi connectivity index (χ0) is 15.2. The van der Waals surface area contributed by atoms with Gasteiger partial charge in [-0.25, -0.2) is 0 Å². The molecule has 1 aromatic carbocycles. The summed E-state index contributed by atoms with van der Waals surface area (Å²) in [5.74, 6) is 0.0770. The molecule has 2 aromatic rings. The van der Waals surface area contributed by atoms with Crippen LogP contribution in [-0.2, 0) is 4.79 Å². The Balaban J connectivity index is 2.19. The van der Waals surface area contributed by atoms with Gasteiger partial charge in [-0.05, 0) is 25.5 Å². The van der Waals surface area contributed by atoms with E-state index >= 15 is 0 Å². The Kier molecular flexibility index (Phi) is 4.52. The quantitative estimate of drug-likeness (QED) is 0.932. The summed E-state index contributed by atoms with van der Waals surface area (Å²) in [4.78, 5) is 11.5. The average molecular weight is 281 g/mol. The number of nitrogens with one attached hydrogen (secondary N) is 1. The number of anilines is 1. The van der Waals surface area contributed by atoms with E-state index in [1.807, 2.05) is 37.3 Å². The van der Waals surface area contributed by atoms with Crippen molar-refractivity contribution in [1.29, 1.82) is 5.26 Å². The first-order chi connectivity index (χ1) is 10.1. The Labute approximate surface area is 122 Å². The number of aryl methyl sites for hydroxylation is 2. The molecule has 0 unspecified atom stereocenters. The van der Waals surface area contributed by atoms with Gasteiger partial charge in [0.2, 0.25) is 5.91 Å². The van der Waals surface area contributed by atoms with Crippen molar-refractivity contribution < 1.29 is 9.32 Å². The van der Waals surface area contributed by atoms with Crippen LogP contribution in [0.4, 0.5) is 5.69 Å². The second-order valence-corrected chi connectivity index (χ2v) is 4.63. The number of hydrogen-bond donors (Lipinski definition) is 1. The third kappa shape index (κ3) is 3.80. The van der Waals surface area contributed by atoms with Crippen LogP contribution in [0.3, 0.4) is 0 Å². The highest BCUT2D eigenvalue weighted by molar-refractivity contribution is 5.94. The number of nitrogens with zero attached hydrogens (tertiary/aromatic N) is 2. The first-order valence-corrected chi connectivity index (χ1v) is 6.48. The Hall–Kier alpha value is -2.87. The standard InChI is InChI=1S/C16H15N3O2/c1-11-3-5-13(6-4-11)7-8-14-16(12(2)19-21-14)18-15(20)9-10-17/h3-8H,9H2,1-2H3,(H,18,20)/b8-7+. The highest BCUT2D eigenvalue weighted by Gasteiger charge is 2.13. The van der Waals surface area contributed by atoms with E-state index in [0.717, 1.165) is 5.56 Å². The number of benzene rings is 1. The predicted molar refractivity (Wildman–Crippen MR) is 80.2 cm³/mol. The van der Waals surface area contributed by atoms with E-state index in [-0.39, 0.29) is 12.3 Å². The van der Waals surface area contributed by atoms with E-state index in [9.17, 15) is 4.79 Å². The first kappa shape index (κ1) is 14.5. The van der Waals surface area contributed by atoms with Gasteiger partial charge in [-0.1, -0.05) is 41.1 Å². The molecule has 1 N–H and O–H groups in total. The van der Waals surface area contributed by atoms with Crippen molar-refractivity contribution in [2.45, 2.75) is 20.3 Å². The van der Waals surface area contributed by atoms with Crippen molar-refractivity contribution in [3.8, 4) is 6.07 Å². The molecule has 21 heavy (non-hydrogen) atoms. The molecule has 0 bridgehead atoms. The minimum Gasteiger partial charge on any atom is -0.354 e. The fraction of sp³-hybridized carbons (Fsp3) is 0.188. The molecule has 0 radical (unpaired) electrons. The van der Waals surface area contributed by atoms with Gasteiger partial charge in [-0.3, -0.25) is 4.79 Å². The lowest BCUT2D eigenvalue weighted by Gasteiger charge is -2.00. The fourth-order valence-corrected chi connectivity index (χ4v) is 1.76. The molecule has 1 amide bonds. The van der Waals surface area contributed by atoms with Crippen LogP contribution >= 0.6 is 0 Å². The molecular formula is C16H15N3O2. The number of carbonyl (C=O) groups is 1. The van der Waals surface area contributed by atoms with E-state index in [1.165, 1.54) is 5.56 Å². The van der Waals surface area contributed by atoms with Crippen molar-refractivity contribution in [2.24, 2.45) is 0 Å². The SMILES string of the molecule is Cc1ccc(/C=C/c2onc(C)c2NC(=O)CC#N)cc1. The second-order valence-electron chi connectivity index (χ2n) is 4.63. The van der Waals surface area contributed by atoms with E-state index < -0.39 is 0 Å². The summed E-state index contributed by atoms with van der Waals surface area (Å²) in [5, 5.41) is 15.0. The van der Waals surface area contributed by atoms with Crippen LogP contribution in [0.5, 0.6) is 0 Å². The highest BCUT2D eigenvalue weighted by atomic mass is 16.5. The van der Waals surface area contributed by atoms with Gasteiger partial charge < -0.3 is 9.84 Å². The van der Waals surface area contributed by atoms with E-state index in [2.05, 4.69) is 10.5 Å². The molecular weight excluding hydrogens is 266 g/mol. The zero-order valence-corrected chi connectivity index (χ0v) is 11.9. The van der Waals surface area contributed by atoms with Crippen molar-refractivity contribution in [3.05, 3.63) is 46.8 Å². The summed E-state index contributed by atoms with van der Waals surface area (Å²) in [6.45, 7) is 3.75. The molecule has 5 heteroatoms. The molecule has 1 aromatic heterocycles. The molecule has 106 valence electrons. The maximum absolute atomic E-state index is 11.5. The number of hydrogen-bond acceptors (Lipinski definition) is 4. The number of amides is 1. The average Bonchev–Trinajstić information content (AvgIpc) is 2.80. The summed E-state index contributed by atoms with van der Waals surface area (Å²) < 4.78 is 5.19. The van der Waals surface area contributed by atoms with Gasteiger partial charge in [-0.15, -0.1) is 0 Å². The number of rotatable bonds is 4. The van der Waals surface area contributed by atoms with Gasteiger partial charge in [0.25, 0.3) is 0 Å². The monoisotopic (exact) mass is 281 g/mol. The Morgan fingerprint density at radius 2 is 2.05 bits per heavy atom. The van der Waals surface area contributed by atoms with Crippen LogP contribution in [-0.4, -0.2) is 11.1 Å². The van der Waals surface area contributed by atoms with E-state index in [4.69, 9.17) is 9.78 Å². The predicted octanol–water partition coefficient (Wildman–Crippen LogP) is 3.31. The minimum absolute atomic E-state index is 0.203. The molecule has 0 aliphatic carbocycles. The van der Waals surface area contributed by atoms with Gasteiger partial charge in [0.15, 0.2) is 5.76 Å². The molecule has 0 fully saturated rings. The summed E-state index contributed by atoms with van der Waals surface area (Å²) >= 11 is 0. The maximum Gasteiger partial charge on any atom is 0.238 e. The molecule has 0 saturated heterocycles. The van der Waals surface area contributed by atoms with Crippen LogP contribution in [0.25, 0.3) is 12.2 Å². The molecule has 5 nitrogen and oxygen atoms in total. The van der Waals surface area contributed by atoms with Gasteiger partial charge in [0.1, 0.15) is 17.8 Å². The van der Waals surface area contributed by atoms with Crippen molar-refractivity contribution >= 4 is 23.7 Å². The lowest BCUT2D eigenvalue weighted by atomic mass is 10.1. The largest absolute Gasteiger partial charge is 0.354 e. The number of carbonyl (C=O) groups excluding carboxylic acids is 1. The second kappa shape index (κ2) is 6.53. The van der Waals surface area contributed by atoms with Crippen LogP contribution in [0.1, 0.15) is 29.0 Å². The minimum atomic E-state index is -0.381. The van der Waals surface area contributed by atoms with Gasteiger partial charge in [0, 0.05) is 0 Å². The van der Waals surface area contributed by atoms with Gasteiger partial charge >= 0.3 is 0 Å². The summed E-state index contributed by atoms with van der Waals surface area (Å²) in [5.41, 5.74) is 3.28. The topological polar surface area (TPSA) is 78.9 Å². The normalized spacial score (nSPS) is 10.5. The summed E-state index contributed by atoms with van der Waals surface area (Å²) in [7, 11) is 0. The molecule has 0 aliphatic rings. The van der Waals surface area contributed by atoms with Gasteiger partial charge in [-0.2, -0.15) is 5.26 Å². The van der Waals surface area contributed by atoms with Gasteiger partial charge in [0.05, 0.1) is 6.07 Å². The number of nitriles is 1. The molecule has 0 atom stereocenters.